The summed E-state index contributed by atoms with van der Waals surface area (Å²) in [7, 11) is 0. The Bertz CT molecular complexity index is 789. The lowest BCUT2D eigenvalue weighted by atomic mass is 10.2. The van der Waals surface area contributed by atoms with Crippen molar-refractivity contribution in [3.05, 3.63) is 63.6 Å². The third kappa shape index (κ3) is 2.29. The Morgan fingerprint density at radius 1 is 1.16 bits per heavy atom. The lowest BCUT2D eigenvalue weighted by Gasteiger charge is -2.05. The van der Waals surface area contributed by atoms with Gasteiger partial charge in [0.2, 0.25) is 0 Å². The molecule has 0 aliphatic heterocycles. The highest BCUT2D eigenvalue weighted by atomic mass is 35.5. The molecule has 0 radical (unpaired) electrons. The van der Waals surface area contributed by atoms with Crippen LogP contribution in [0.2, 0.25) is 5.02 Å². The van der Waals surface area contributed by atoms with Crippen LogP contribution in [-0.2, 0) is 6.54 Å². The number of para-hydroxylation sites is 1. The van der Waals surface area contributed by atoms with Crippen molar-refractivity contribution in [2.45, 2.75) is 6.54 Å². The van der Waals surface area contributed by atoms with Crippen molar-refractivity contribution in [1.82, 2.24) is 9.55 Å². The number of nitrogens with one attached hydrogen (secondary N) is 1. The van der Waals surface area contributed by atoms with Gasteiger partial charge < -0.3 is 9.55 Å². The molecule has 1 heterocycles. The second-order valence-corrected chi connectivity index (χ2v) is 5.10. The number of H-pyrrole nitrogens is 1. The van der Waals surface area contributed by atoms with E-state index in [9.17, 15) is 4.39 Å². The molecule has 0 fully saturated rings. The SMILES string of the molecule is Fc1cccc2c1[nH]c(=S)n2Cc1ccc(Cl)cc1. The van der Waals surface area contributed by atoms with Gasteiger partial charge in [0.1, 0.15) is 11.3 Å². The van der Waals surface area contributed by atoms with E-state index in [0.29, 0.717) is 21.9 Å². The fourth-order valence-electron chi connectivity index (χ4n) is 2.07. The molecule has 0 bridgehead atoms. The van der Waals surface area contributed by atoms with Gasteiger partial charge in [-0.3, -0.25) is 0 Å². The summed E-state index contributed by atoms with van der Waals surface area (Å²) in [6.07, 6.45) is 0. The van der Waals surface area contributed by atoms with Crippen LogP contribution in [0.25, 0.3) is 11.0 Å². The average Bonchev–Trinajstić information content (AvgIpc) is 2.71. The van der Waals surface area contributed by atoms with E-state index in [4.69, 9.17) is 23.8 Å². The number of aromatic amines is 1. The van der Waals surface area contributed by atoms with E-state index < -0.39 is 0 Å². The Hall–Kier alpha value is -1.65. The number of nitrogens with zero attached hydrogens (tertiary/aromatic N) is 1. The number of fused-ring (bicyclic) bond motifs is 1. The van der Waals surface area contributed by atoms with Crippen LogP contribution in [0.5, 0.6) is 0 Å². The van der Waals surface area contributed by atoms with Crippen LogP contribution in [0, 0.1) is 10.6 Å². The zero-order valence-corrected chi connectivity index (χ0v) is 11.4. The fourth-order valence-corrected chi connectivity index (χ4v) is 2.47. The van der Waals surface area contributed by atoms with Gasteiger partial charge in [-0.15, -0.1) is 0 Å². The topological polar surface area (TPSA) is 20.7 Å². The van der Waals surface area contributed by atoms with Gasteiger partial charge >= 0.3 is 0 Å². The molecule has 1 aromatic heterocycles. The summed E-state index contributed by atoms with van der Waals surface area (Å²) in [4.78, 5) is 2.90. The molecule has 19 heavy (non-hydrogen) atoms. The number of halogens is 2. The van der Waals surface area contributed by atoms with Crippen LogP contribution in [-0.4, -0.2) is 9.55 Å². The van der Waals surface area contributed by atoms with Gasteiger partial charge in [0.05, 0.1) is 12.1 Å². The monoisotopic (exact) mass is 292 g/mol. The molecular formula is C14H10ClFN2S. The van der Waals surface area contributed by atoms with Crippen molar-refractivity contribution in [2.24, 2.45) is 0 Å². The zero-order chi connectivity index (χ0) is 13.4. The van der Waals surface area contributed by atoms with Crippen molar-refractivity contribution < 1.29 is 4.39 Å². The van der Waals surface area contributed by atoms with Gasteiger partial charge in [0.25, 0.3) is 0 Å². The minimum atomic E-state index is -0.293. The van der Waals surface area contributed by atoms with Crippen LogP contribution < -0.4 is 0 Å². The van der Waals surface area contributed by atoms with E-state index >= 15 is 0 Å². The summed E-state index contributed by atoms with van der Waals surface area (Å²) in [6, 6.07) is 12.5. The molecule has 2 nitrogen and oxygen atoms in total. The summed E-state index contributed by atoms with van der Waals surface area (Å²) in [6.45, 7) is 0.583. The molecule has 0 saturated carbocycles. The molecule has 0 aliphatic carbocycles. The standard InChI is InChI=1S/C14H10ClFN2S/c15-10-6-4-9(5-7-10)8-18-12-3-1-2-11(16)13(12)17-14(18)19/h1-7H,8H2,(H,17,19). The first-order chi connectivity index (χ1) is 9.15. The highest BCUT2D eigenvalue weighted by Crippen LogP contribution is 2.19. The van der Waals surface area contributed by atoms with Crippen LogP contribution in [0.15, 0.2) is 42.5 Å². The first-order valence-electron chi connectivity index (χ1n) is 5.76. The Labute approximate surface area is 119 Å². The summed E-state index contributed by atoms with van der Waals surface area (Å²) in [5.41, 5.74) is 2.27. The minimum absolute atomic E-state index is 0.293. The van der Waals surface area contributed by atoms with E-state index in [1.165, 1.54) is 6.07 Å². The van der Waals surface area contributed by atoms with E-state index in [0.717, 1.165) is 11.1 Å². The molecule has 0 saturated heterocycles. The Kier molecular flexibility index (Phi) is 3.12. The number of rotatable bonds is 2. The second kappa shape index (κ2) is 4.79. The Balaban J connectivity index is 2.10. The van der Waals surface area contributed by atoms with Crippen molar-refractivity contribution in [1.29, 1.82) is 0 Å². The summed E-state index contributed by atoms with van der Waals surface area (Å²) in [5.74, 6) is -0.293. The summed E-state index contributed by atoms with van der Waals surface area (Å²) >= 11 is 11.1. The van der Waals surface area contributed by atoms with Gasteiger partial charge in [0, 0.05) is 5.02 Å². The fraction of sp³-hybridized carbons (Fsp3) is 0.0714. The third-order valence-corrected chi connectivity index (χ3v) is 3.59. The molecular weight excluding hydrogens is 283 g/mol. The van der Waals surface area contributed by atoms with Gasteiger partial charge in [-0.25, -0.2) is 4.39 Å². The highest BCUT2D eigenvalue weighted by molar-refractivity contribution is 7.71. The Morgan fingerprint density at radius 3 is 2.63 bits per heavy atom. The number of benzene rings is 2. The lowest BCUT2D eigenvalue weighted by Crippen LogP contribution is -1.99. The summed E-state index contributed by atoms with van der Waals surface area (Å²) in [5, 5.41) is 0.692. The maximum atomic E-state index is 13.7. The van der Waals surface area contributed by atoms with Gasteiger partial charge in [-0.2, -0.15) is 0 Å². The van der Waals surface area contributed by atoms with Crippen LogP contribution in [0.3, 0.4) is 0 Å². The van der Waals surface area contributed by atoms with Gasteiger partial charge in [0.15, 0.2) is 4.77 Å². The molecule has 0 unspecified atom stereocenters. The molecule has 96 valence electrons. The molecule has 5 heteroatoms. The average molecular weight is 293 g/mol. The number of aromatic nitrogens is 2. The van der Waals surface area contributed by atoms with Crippen molar-refractivity contribution in [3.63, 3.8) is 0 Å². The largest absolute Gasteiger partial charge is 0.328 e. The quantitative estimate of drug-likeness (QED) is 0.688. The second-order valence-electron chi connectivity index (χ2n) is 4.28. The lowest BCUT2D eigenvalue weighted by molar-refractivity contribution is 0.637. The van der Waals surface area contributed by atoms with Crippen LogP contribution >= 0.6 is 23.8 Å². The normalized spacial score (nSPS) is 11.1. The van der Waals surface area contributed by atoms with Gasteiger partial charge in [-0.1, -0.05) is 29.8 Å². The molecule has 3 rings (SSSR count). The predicted molar refractivity (Wildman–Crippen MR) is 77.6 cm³/mol. The molecule has 2 aromatic carbocycles. The first kappa shape index (κ1) is 12.4. The first-order valence-corrected chi connectivity index (χ1v) is 6.55. The predicted octanol–water partition coefficient (Wildman–Crippen LogP) is 4.54. The molecule has 3 aromatic rings. The number of hydrogen-bond acceptors (Lipinski definition) is 1. The molecule has 0 amide bonds. The molecule has 0 spiro atoms. The highest BCUT2D eigenvalue weighted by Gasteiger charge is 2.08. The maximum absolute atomic E-state index is 13.7. The van der Waals surface area contributed by atoms with E-state index in [2.05, 4.69) is 4.98 Å². The smallest absolute Gasteiger partial charge is 0.178 e. The zero-order valence-electron chi connectivity index (χ0n) is 9.86. The number of hydrogen-bond donors (Lipinski definition) is 1. The molecule has 0 atom stereocenters. The van der Waals surface area contributed by atoms with Crippen molar-refractivity contribution in [3.8, 4) is 0 Å². The maximum Gasteiger partial charge on any atom is 0.178 e. The molecule has 0 aliphatic rings. The molecule has 1 N–H and O–H groups in total. The minimum Gasteiger partial charge on any atom is -0.328 e. The van der Waals surface area contributed by atoms with E-state index in [-0.39, 0.29) is 5.82 Å². The van der Waals surface area contributed by atoms with E-state index in [1.807, 2.05) is 34.9 Å². The van der Waals surface area contributed by atoms with Crippen LogP contribution in [0.4, 0.5) is 4.39 Å². The van der Waals surface area contributed by atoms with Crippen molar-refractivity contribution in [2.75, 3.05) is 0 Å². The number of imidazole rings is 1. The van der Waals surface area contributed by atoms with Crippen LogP contribution in [0.1, 0.15) is 5.56 Å². The van der Waals surface area contributed by atoms with E-state index in [1.54, 1.807) is 6.07 Å². The van der Waals surface area contributed by atoms with Gasteiger partial charge in [-0.05, 0) is 42.0 Å². The van der Waals surface area contributed by atoms with Crippen molar-refractivity contribution >= 4 is 34.9 Å². The summed E-state index contributed by atoms with van der Waals surface area (Å²) < 4.78 is 16.0. The third-order valence-electron chi connectivity index (χ3n) is 3.01. The Morgan fingerprint density at radius 2 is 1.89 bits per heavy atom.